The number of hydrogen-bond donors (Lipinski definition) is 2. The molecule has 2 aliphatic heterocycles. The monoisotopic (exact) mass is 412 g/mol. The lowest BCUT2D eigenvalue weighted by Crippen LogP contribution is -2.47. The minimum Gasteiger partial charge on any atom is -0.325 e. The maximum absolute atomic E-state index is 11.7. The van der Waals surface area contributed by atoms with E-state index in [2.05, 4.69) is 52.8 Å². The predicted molar refractivity (Wildman–Crippen MR) is 114 cm³/mol. The second-order valence-corrected chi connectivity index (χ2v) is 8.67. The second kappa shape index (κ2) is 7.12. The Balaban J connectivity index is 1.52. The van der Waals surface area contributed by atoms with Gasteiger partial charge >= 0.3 is 0 Å². The smallest absolute Gasteiger partial charge is 0.228 e. The first kappa shape index (κ1) is 18.1. The molecule has 7 heteroatoms. The normalized spacial score (nSPS) is 20.9. The highest BCUT2D eigenvalue weighted by Crippen LogP contribution is 2.39. The maximum Gasteiger partial charge on any atom is 0.228 e. The van der Waals surface area contributed by atoms with Gasteiger partial charge in [0.15, 0.2) is 0 Å². The summed E-state index contributed by atoms with van der Waals surface area (Å²) < 4.78 is 6.03. The van der Waals surface area contributed by atoms with E-state index in [4.69, 9.17) is 16.0 Å². The summed E-state index contributed by atoms with van der Waals surface area (Å²) in [7, 11) is 0. The van der Waals surface area contributed by atoms with Crippen molar-refractivity contribution in [1.82, 2.24) is 14.6 Å². The molecule has 1 aromatic heterocycles. The number of benzene rings is 2. The van der Waals surface area contributed by atoms with Crippen LogP contribution in [0.25, 0.3) is 10.1 Å². The minimum atomic E-state index is 0.0323. The van der Waals surface area contributed by atoms with E-state index in [0.29, 0.717) is 11.4 Å². The Morgan fingerprint density at radius 2 is 2.18 bits per heavy atom. The van der Waals surface area contributed by atoms with E-state index < -0.39 is 0 Å². The van der Waals surface area contributed by atoms with Crippen molar-refractivity contribution in [3.8, 4) is 0 Å². The maximum atomic E-state index is 11.7. The Bertz CT molecular complexity index is 1070. The fourth-order valence-electron chi connectivity index (χ4n) is 4.35. The number of carbonyl (C=O) groups excluding carboxylic acids is 1. The lowest BCUT2D eigenvalue weighted by molar-refractivity contribution is -0.115. The lowest BCUT2D eigenvalue weighted by Gasteiger charge is -2.40. The van der Waals surface area contributed by atoms with Gasteiger partial charge in [-0.05, 0) is 41.7 Å². The topological polar surface area (TPSA) is 57.3 Å². The van der Waals surface area contributed by atoms with Crippen LogP contribution in [0.2, 0.25) is 5.02 Å². The van der Waals surface area contributed by atoms with Crippen molar-refractivity contribution < 1.29 is 4.79 Å². The third-order valence-electron chi connectivity index (χ3n) is 5.80. The summed E-state index contributed by atoms with van der Waals surface area (Å²) in [6.07, 6.45) is 0.425. The summed E-state index contributed by atoms with van der Waals surface area (Å²) in [5.74, 6) is 0.0323. The van der Waals surface area contributed by atoms with E-state index in [0.717, 1.165) is 42.1 Å². The molecule has 3 aromatic rings. The van der Waals surface area contributed by atoms with E-state index in [1.54, 1.807) is 11.5 Å². The summed E-state index contributed by atoms with van der Waals surface area (Å²) in [5.41, 5.74) is 4.08. The van der Waals surface area contributed by atoms with E-state index in [1.165, 1.54) is 10.1 Å². The quantitative estimate of drug-likeness (QED) is 0.678. The number of hydrogen-bond acceptors (Lipinski definition) is 5. The molecule has 0 saturated carbocycles. The number of nitrogens with zero attached hydrogens (tertiary/aromatic N) is 2. The fourth-order valence-corrected chi connectivity index (χ4v) is 5.50. The molecule has 3 heterocycles. The first-order chi connectivity index (χ1) is 13.6. The molecule has 2 aliphatic rings. The van der Waals surface area contributed by atoms with Crippen LogP contribution >= 0.6 is 23.1 Å². The van der Waals surface area contributed by atoms with Gasteiger partial charge in [0.1, 0.15) is 0 Å². The third kappa shape index (κ3) is 3.01. The van der Waals surface area contributed by atoms with Gasteiger partial charge in [-0.2, -0.15) is 4.37 Å². The Morgan fingerprint density at radius 1 is 1.32 bits per heavy atom. The highest BCUT2D eigenvalue weighted by atomic mass is 35.5. The van der Waals surface area contributed by atoms with Crippen LogP contribution in [0.5, 0.6) is 0 Å². The first-order valence-corrected chi connectivity index (χ1v) is 10.7. The van der Waals surface area contributed by atoms with Gasteiger partial charge in [-0.1, -0.05) is 35.9 Å². The van der Waals surface area contributed by atoms with Gasteiger partial charge in [0.05, 0.1) is 22.9 Å². The molecule has 1 amide bonds. The summed E-state index contributed by atoms with van der Waals surface area (Å²) in [5, 5.41) is 8.33. The SMILES string of the molecule is CC(c1cc2c(cc1Cl)NC(=O)C2)N1CCNCC1c1nsc2ccccc12. The summed E-state index contributed by atoms with van der Waals surface area (Å²) in [4.78, 5) is 14.2. The first-order valence-electron chi connectivity index (χ1n) is 9.55. The molecule has 0 spiro atoms. The molecule has 2 aromatic carbocycles. The molecule has 5 rings (SSSR count). The van der Waals surface area contributed by atoms with Crippen LogP contribution in [0, 0.1) is 0 Å². The zero-order valence-electron chi connectivity index (χ0n) is 15.5. The van der Waals surface area contributed by atoms with Crippen molar-refractivity contribution in [3.05, 3.63) is 58.2 Å². The average molecular weight is 413 g/mol. The van der Waals surface area contributed by atoms with E-state index in [-0.39, 0.29) is 18.0 Å². The van der Waals surface area contributed by atoms with Gasteiger partial charge in [-0.15, -0.1) is 0 Å². The lowest BCUT2D eigenvalue weighted by atomic mass is 9.98. The molecular weight excluding hydrogens is 392 g/mol. The molecule has 0 bridgehead atoms. The average Bonchev–Trinajstić information content (AvgIpc) is 3.29. The van der Waals surface area contributed by atoms with Gasteiger partial charge in [-0.25, -0.2) is 0 Å². The number of anilines is 1. The zero-order valence-corrected chi connectivity index (χ0v) is 17.1. The van der Waals surface area contributed by atoms with Gasteiger partial charge in [0.2, 0.25) is 5.91 Å². The Labute approximate surface area is 172 Å². The van der Waals surface area contributed by atoms with Gasteiger partial charge in [0.25, 0.3) is 0 Å². The number of amides is 1. The fraction of sp³-hybridized carbons (Fsp3) is 0.333. The van der Waals surface area contributed by atoms with Crippen LogP contribution in [0.15, 0.2) is 36.4 Å². The van der Waals surface area contributed by atoms with Gasteiger partial charge < -0.3 is 10.6 Å². The van der Waals surface area contributed by atoms with Crippen molar-refractivity contribution in [2.75, 3.05) is 25.0 Å². The predicted octanol–water partition coefficient (Wildman–Crippen LogP) is 4.15. The van der Waals surface area contributed by atoms with Crippen molar-refractivity contribution in [2.45, 2.75) is 25.4 Å². The Kier molecular flexibility index (Phi) is 4.59. The van der Waals surface area contributed by atoms with E-state index >= 15 is 0 Å². The van der Waals surface area contributed by atoms with Crippen molar-refractivity contribution in [1.29, 1.82) is 0 Å². The summed E-state index contributed by atoms with van der Waals surface area (Å²) in [6.45, 7) is 4.92. The van der Waals surface area contributed by atoms with Crippen LogP contribution in [-0.4, -0.2) is 34.8 Å². The largest absolute Gasteiger partial charge is 0.325 e. The van der Waals surface area contributed by atoms with Crippen LogP contribution in [0.4, 0.5) is 5.69 Å². The second-order valence-electron chi connectivity index (χ2n) is 7.45. The molecule has 144 valence electrons. The molecule has 2 unspecified atom stereocenters. The molecule has 0 radical (unpaired) electrons. The molecule has 1 saturated heterocycles. The van der Waals surface area contributed by atoms with Crippen molar-refractivity contribution in [2.24, 2.45) is 0 Å². The van der Waals surface area contributed by atoms with Crippen LogP contribution in [-0.2, 0) is 11.2 Å². The zero-order chi connectivity index (χ0) is 19.3. The minimum absolute atomic E-state index is 0.0323. The highest BCUT2D eigenvalue weighted by molar-refractivity contribution is 7.13. The van der Waals surface area contributed by atoms with Crippen molar-refractivity contribution >= 4 is 44.8 Å². The molecular formula is C21H21ClN4OS. The number of carbonyl (C=O) groups is 1. The number of halogens is 1. The van der Waals surface area contributed by atoms with Gasteiger partial charge in [0, 0.05) is 41.8 Å². The molecule has 1 fully saturated rings. The summed E-state index contributed by atoms with van der Waals surface area (Å²) >= 11 is 8.19. The molecule has 28 heavy (non-hydrogen) atoms. The molecule has 0 aliphatic carbocycles. The third-order valence-corrected chi connectivity index (χ3v) is 6.97. The molecule has 5 nitrogen and oxygen atoms in total. The van der Waals surface area contributed by atoms with Crippen molar-refractivity contribution in [3.63, 3.8) is 0 Å². The van der Waals surface area contributed by atoms with Crippen LogP contribution in [0.3, 0.4) is 0 Å². The van der Waals surface area contributed by atoms with E-state index in [1.807, 2.05) is 6.07 Å². The highest BCUT2D eigenvalue weighted by Gasteiger charge is 2.32. The summed E-state index contributed by atoms with van der Waals surface area (Å²) in [6, 6.07) is 12.7. The number of piperazine rings is 1. The van der Waals surface area contributed by atoms with Crippen LogP contribution in [0.1, 0.15) is 35.8 Å². The number of rotatable bonds is 3. The Morgan fingerprint density at radius 3 is 3.07 bits per heavy atom. The standard InChI is InChI=1S/C21H21ClN4OS/c1-12(15-8-13-9-20(27)24-17(13)10-16(15)22)26-7-6-23-11-18(26)21-14-4-2-3-5-19(14)28-25-21/h2-5,8,10,12,18,23H,6-7,9,11H2,1H3,(H,24,27). The number of aromatic nitrogens is 1. The molecule has 2 N–H and O–H groups in total. The molecule has 2 atom stereocenters. The van der Waals surface area contributed by atoms with Crippen LogP contribution < -0.4 is 10.6 Å². The number of fused-ring (bicyclic) bond motifs is 2. The Hall–Kier alpha value is -1.99. The number of nitrogens with one attached hydrogen (secondary N) is 2. The van der Waals surface area contributed by atoms with E-state index in [9.17, 15) is 4.79 Å². The van der Waals surface area contributed by atoms with Gasteiger partial charge in [-0.3, -0.25) is 9.69 Å².